The first-order valence-electron chi connectivity index (χ1n) is 6.21. The topological polar surface area (TPSA) is 118 Å². The molecule has 1 aromatic rings. The quantitative estimate of drug-likeness (QED) is 0.816. The zero-order valence-electron chi connectivity index (χ0n) is 11.5. The number of hydrogen-bond acceptors (Lipinski definition) is 5. The van der Waals surface area contributed by atoms with Gasteiger partial charge in [-0.15, -0.1) is 0 Å². The highest BCUT2D eigenvalue weighted by Gasteiger charge is 2.41. The van der Waals surface area contributed by atoms with Crippen molar-refractivity contribution in [2.75, 3.05) is 11.5 Å². The second-order valence-corrected chi connectivity index (χ2v) is 9.70. The van der Waals surface area contributed by atoms with Gasteiger partial charge in [0.1, 0.15) is 4.90 Å². The van der Waals surface area contributed by atoms with Crippen molar-refractivity contribution in [2.24, 2.45) is 0 Å². The molecule has 10 heteroatoms. The van der Waals surface area contributed by atoms with Crippen molar-refractivity contribution < 1.29 is 26.7 Å². The third-order valence-corrected chi connectivity index (χ3v) is 7.37. The van der Waals surface area contributed by atoms with Crippen LogP contribution in [0.5, 0.6) is 0 Å². The lowest BCUT2D eigenvalue weighted by Crippen LogP contribution is -2.46. The number of benzene rings is 1. The molecule has 1 aliphatic heterocycles. The average molecular weight is 368 g/mol. The van der Waals surface area contributed by atoms with Gasteiger partial charge in [0.2, 0.25) is 10.0 Å². The lowest BCUT2D eigenvalue weighted by molar-refractivity contribution is 0.0696. The van der Waals surface area contributed by atoms with Gasteiger partial charge in [0.05, 0.1) is 22.1 Å². The summed E-state index contributed by atoms with van der Waals surface area (Å²) in [5.41, 5.74) is -1.37. The minimum absolute atomic E-state index is 0.102. The molecule has 2 N–H and O–H groups in total. The number of rotatable bonds is 4. The first-order chi connectivity index (χ1) is 9.94. The molecule has 1 aromatic carbocycles. The third kappa shape index (κ3) is 3.60. The summed E-state index contributed by atoms with van der Waals surface area (Å²) in [6, 6.07) is 3.30. The number of nitrogens with one attached hydrogen (secondary N) is 1. The summed E-state index contributed by atoms with van der Waals surface area (Å²) in [4.78, 5) is 10.6. The number of carbonyl (C=O) groups is 1. The summed E-state index contributed by atoms with van der Waals surface area (Å²) in [6.45, 7) is 1.49. The summed E-state index contributed by atoms with van der Waals surface area (Å²) in [7, 11) is -7.44. The molecule has 1 aliphatic rings. The van der Waals surface area contributed by atoms with Gasteiger partial charge < -0.3 is 5.11 Å². The van der Waals surface area contributed by atoms with E-state index in [2.05, 4.69) is 4.72 Å². The molecule has 0 amide bonds. The van der Waals surface area contributed by atoms with Crippen LogP contribution in [0.25, 0.3) is 0 Å². The van der Waals surface area contributed by atoms with E-state index in [-0.39, 0.29) is 33.4 Å². The Morgan fingerprint density at radius 1 is 1.41 bits per heavy atom. The molecule has 1 fully saturated rings. The summed E-state index contributed by atoms with van der Waals surface area (Å²) < 4.78 is 50.2. The van der Waals surface area contributed by atoms with Crippen LogP contribution in [0.4, 0.5) is 0 Å². The minimum Gasteiger partial charge on any atom is -0.478 e. The van der Waals surface area contributed by atoms with Crippen LogP contribution >= 0.6 is 11.6 Å². The number of hydrogen-bond donors (Lipinski definition) is 2. The molecule has 2 rings (SSSR count). The van der Waals surface area contributed by atoms with Crippen molar-refractivity contribution in [3.05, 3.63) is 28.8 Å². The Balaban J connectivity index is 2.40. The van der Waals surface area contributed by atoms with E-state index in [1.54, 1.807) is 0 Å². The first kappa shape index (κ1) is 17.2. The number of halogens is 1. The molecule has 0 bridgehead atoms. The van der Waals surface area contributed by atoms with Gasteiger partial charge in [-0.25, -0.2) is 26.4 Å². The van der Waals surface area contributed by atoms with Crippen LogP contribution in [0.3, 0.4) is 0 Å². The Morgan fingerprint density at radius 3 is 2.55 bits per heavy atom. The van der Waals surface area contributed by atoms with E-state index in [9.17, 15) is 21.6 Å². The van der Waals surface area contributed by atoms with Crippen LogP contribution in [-0.2, 0) is 19.9 Å². The van der Waals surface area contributed by atoms with Crippen LogP contribution < -0.4 is 4.72 Å². The van der Waals surface area contributed by atoms with Gasteiger partial charge in [-0.05, 0) is 31.5 Å². The van der Waals surface area contributed by atoms with Crippen molar-refractivity contribution in [3.63, 3.8) is 0 Å². The van der Waals surface area contributed by atoms with Gasteiger partial charge in [-0.2, -0.15) is 0 Å². The van der Waals surface area contributed by atoms with Crippen LogP contribution in [0.15, 0.2) is 23.1 Å². The van der Waals surface area contributed by atoms with E-state index in [0.717, 1.165) is 6.07 Å². The van der Waals surface area contributed by atoms with E-state index in [0.29, 0.717) is 0 Å². The van der Waals surface area contributed by atoms with Crippen LogP contribution in [-0.4, -0.2) is 45.0 Å². The Morgan fingerprint density at radius 2 is 2.05 bits per heavy atom. The molecule has 0 unspecified atom stereocenters. The maximum atomic E-state index is 12.4. The molecule has 122 valence electrons. The monoisotopic (exact) mass is 367 g/mol. The predicted molar refractivity (Wildman–Crippen MR) is 80.4 cm³/mol. The smallest absolute Gasteiger partial charge is 0.335 e. The number of carboxylic acid groups (broad SMARTS) is 1. The molecule has 22 heavy (non-hydrogen) atoms. The highest BCUT2D eigenvalue weighted by molar-refractivity contribution is 7.92. The largest absolute Gasteiger partial charge is 0.478 e. The van der Waals surface area contributed by atoms with E-state index in [1.165, 1.54) is 19.1 Å². The Bertz CT molecular complexity index is 833. The van der Waals surface area contributed by atoms with Gasteiger partial charge in [0.15, 0.2) is 9.84 Å². The molecule has 1 atom stereocenters. The molecule has 7 nitrogen and oxygen atoms in total. The van der Waals surface area contributed by atoms with E-state index >= 15 is 0 Å². The number of sulfonamides is 1. The number of carboxylic acids is 1. The molecule has 0 aliphatic carbocycles. The highest BCUT2D eigenvalue weighted by Crippen LogP contribution is 2.28. The van der Waals surface area contributed by atoms with Crippen molar-refractivity contribution in [1.82, 2.24) is 4.72 Å². The fourth-order valence-corrected chi connectivity index (χ4v) is 6.46. The van der Waals surface area contributed by atoms with Gasteiger partial charge >= 0.3 is 5.97 Å². The zero-order chi connectivity index (χ0) is 16.8. The lowest BCUT2D eigenvalue weighted by atomic mass is 10.0. The Kier molecular flexibility index (Phi) is 4.29. The number of sulfone groups is 1. The van der Waals surface area contributed by atoms with Crippen molar-refractivity contribution in [1.29, 1.82) is 0 Å². The van der Waals surface area contributed by atoms with Crippen molar-refractivity contribution in [2.45, 2.75) is 23.8 Å². The van der Waals surface area contributed by atoms with Crippen LogP contribution in [0, 0.1) is 0 Å². The maximum Gasteiger partial charge on any atom is 0.335 e. The van der Waals surface area contributed by atoms with Crippen molar-refractivity contribution in [3.8, 4) is 0 Å². The Labute approximate surface area is 133 Å². The van der Waals surface area contributed by atoms with E-state index in [4.69, 9.17) is 16.7 Å². The summed E-state index contributed by atoms with van der Waals surface area (Å²) in [5, 5.41) is 8.79. The lowest BCUT2D eigenvalue weighted by Gasteiger charge is -2.24. The number of aromatic carboxylic acids is 1. The molecular formula is C12H14ClNO6S2. The maximum absolute atomic E-state index is 12.4. The molecular weight excluding hydrogens is 354 g/mol. The van der Waals surface area contributed by atoms with Gasteiger partial charge in [0.25, 0.3) is 0 Å². The van der Waals surface area contributed by atoms with Crippen molar-refractivity contribution >= 4 is 37.4 Å². The van der Waals surface area contributed by atoms with Gasteiger partial charge in [-0.3, -0.25) is 0 Å². The fraction of sp³-hybridized carbons (Fsp3) is 0.417. The second kappa shape index (κ2) is 5.48. The molecule has 0 radical (unpaired) electrons. The summed E-state index contributed by atoms with van der Waals surface area (Å²) in [5.74, 6) is -1.70. The predicted octanol–water partition coefficient (Wildman–Crippen LogP) is 0.894. The van der Waals surface area contributed by atoms with Crippen LogP contribution in [0.2, 0.25) is 5.02 Å². The minimum atomic E-state index is -4.15. The Hall–Kier alpha value is -1.16. The second-order valence-electron chi connectivity index (χ2n) is 5.46. The third-order valence-electron chi connectivity index (χ3n) is 3.35. The molecule has 1 heterocycles. The van der Waals surface area contributed by atoms with E-state index < -0.39 is 31.4 Å². The average Bonchev–Trinajstić information content (AvgIpc) is 2.62. The normalized spacial score (nSPS) is 24.3. The van der Waals surface area contributed by atoms with Gasteiger partial charge in [0, 0.05) is 5.54 Å². The fourth-order valence-electron chi connectivity index (χ4n) is 2.31. The summed E-state index contributed by atoms with van der Waals surface area (Å²) in [6.07, 6.45) is 0.144. The SMILES string of the molecule is C[C@]1(NS(=O)(=O)c2cc(C(=O)O)ccc2Cl)CCS(=O)(=O)C1. The standard InChI is InChI=1S/C12H14ClNO6S2/c1-12(4-5-21(17,18)7-12)14-22(19,20)10-6-8(11(15)16)2-3-9(10)13/h2-3,6,14H,4-5,7H2,1H3,(H,15,16)/t12-/m0/s1. The first-order valence-corrected chi connectivity index (χ1v) is 9.90. The molecule has 1 saturated heterocycles. The van der Waals surface area contributed by atoms with Crippen LogP contribution in [0.1, 0.15) is 23.7 Å². The zero-order valence-corrected chi connectivity index (χ0v) is 13.9. The van der Waals surface area contributed by atoms with Gasteiger partial charge in [-0.1, -0.05) is 11.6 Å². The molecule has 0 aromatic heterocycles. The van der Waals surface area contributed by atoms with E-state index in [1.807, 2.05) is 0 Å². The highest BCUT2D eigenvalue weighted by atomic mass is 35.5. The molecule has 0 spiro atoms. The summed E-state index contributed by atoms with van der Waals surface area (Å²) >= 11 is 5.84. The molecule has 0 saturated carbocycles.